The Kier molecular flexibility index (Phi) is 4.35. The van der Waals surface area contributed by atoms with E-state index in [1.807, 2.05) is 0 Å². The molecule has 0 saturated carbocycles. The highest BCUT2D eigenvalue weighted by molar-refractivity contribution is 9.10. The van der Waals surface area contributed by atoms with Crippen LogP contribution in [0.4, 0.5) is 0 Å². The van der Waals surface area contributed by atoms with Crippen molar-refractivity contribution in [1.82, 2.24) is 0 Å². The molecule has 0 fully saturated rings. The summed E-state index contributed by atoms with van der Waals surface area (Å²) >= 11 is 3.43. The Morgan fingerprint density at radius 1 is 1.20 bits per heavy atom. The van der Waals surface area contributed by atoms with E-state index in [1.165, 1.54) is 5.56 Å². The van der Waals surface area contributed by atoms with Gasteiger partial charge in [-0.15, -0.1) is 0 Å². The molecule has 15 heavy (non-hydrogen) atoms. The van der Waals surface area contributed by atoms with Crippen LogP contribution in [0.5, 0.6) is 0 Å². The van der Waals surface area contributed by atoms with E-state index in [-0.39, 0.29) is 6.04 Å². The number of rotatable bonds is 3. The molecule has 1 nitrogen and oxygen atoms in total. The maximum Gasteiger partial charge on any atom is 0.0175 e. The molecule has 2 heteroatoms. The average Bonchev–Trinajstić information content (AvgIpc) is 2.05. The van der Waals surface area contributed by atoms with Gasteiger partial charge in [0.05, 0.1) is 0 Å². The Balaban J connectivity index is 2.51. The van der Waals surface area contributed by atoms with Gasteiger partial charge in [0.2, 0.25) is 0 Å². The number of nitrogens with two attached hydrogens (primary N) is 1. The van der Waals surface area contributed by atoms with Gasteiger partial charge in [-0.3, -0.25) is 0 Å². The third-order valence-electron chi connectivity index (χ3n) is 2.29. The predicted molar refractivity (Wildman–Crippen MR) is 69.9 cm³/mol. The zero-order valence-corrected chi connectivity index (χ0v) is 11.3. The molecule has 0 bridgehead atoms. The van der Waals surface area contributed by atoms with Gasteiger partial charge >= 0.3 is 0 Å². The van der Waals surface area contributed by atoms with E-state index in [0.717, 1.165) is 17.3 Å². The number of halogens is 1. The van der Waals surface area contributed by atoms with E-state index in [4.69, 9.17) is 5.73 Å². The minimum atomic E-state index is 0.256. The summed E-state index contributed by atoms with van der Waals surface area (Å²) in [5, 5.41) is 0. The second-order valence-electron chi connectivity index (χ2n) is 5.36. The molecule has 1 unspecified atom stereocenters. The molecule has 1 rings (SSSR count). The molecule has 0 aliphatic heterocycles. The van der Waals surface area contributed by atoms with Crippen LogP contribution in [0.2, 0.25) is 0 Å². The van der Waals surface area contributed by atoms with Gasteiger partial charge in [-0.2, -0.15) is 0 Å². The molecule has 0 radical (unpaired) electrons. The molecule has 0 aromatic heterocycles. The lowest BCUT2D eigenvalue weighted by molar-refractivity contribution is 0.338. The summed E-state index contributed by atoms with van der Waals surface area (Å²) in [6.07, 6.45) is 2.02. The molecular weight excluding hydrogens is 250 g/mol. The molecular formula is C13H20BrN. The fraction of sp³-hybridized carbons (Fsp3) is 0.538. The van der Waals surface area contributed by atoms with Crippen molar-refractivity contribution in [3.8, 4) is 0 Å². The smallest absolute Gasteiger partial charge is 0.0175 e. The third-order valence-corrected chi connectivity index (χ3v) is 2.81. The maximum absolute atomic E-state index is 6.12. The molecule has 0 saturated heterocycles. The second-order valence-corrected chi connectivity index (χ2v) is 6.27. The largest absolute Gasteiger partial charge is 0.327 e. The topological polar surface area (TPSA) is 26.0 Å². The zero-order valence-electron chi connectivity index (χ0n) is 9.76. The molecule has 1 aromatic carbocycles. The zero-order chi connectivity index (χ0) is 11.5. The molecule has 0 amide bonds. The Bertz CT molecular complexity index is 297. The van der Waals surface area contributed by atoms with Crippen LogP contribution in [0.1, 0.15) is 32.8 Å². The Morgan fingerprint density at radius 3 is 2.20 bits per heavy atom. The van der Waals surface area contributed by atoms with Gasteiger partial charge in [0, 0.05) is 10.5 Å². The lowest BCUT2D eigenvalue weighted by Crippen LogP contribution is -2.28. The second kappa shape index (κ2) is 5.13. The normalized spacial score (nSPS) is 13.9. The number of benzene rings is 1. The summed E-state index contributed by atoms with van der Waals surface area (Å²) in [4.78, 5) is 0. The minimum absolute atomic E-state index is 0.256. The van der Waals surface area contributed by atoms with Crippen LogP contribution in [0.3, 0.4) is 0 Å². The van der Waals surface area contributed by atoms with E-state index >= 15 is 0 Å². The summed E-state index contributed by atoms with van der Waals surface area (Å²) in [6, 6.07) is 8.66. The van der Waals surface area contributed by atoms with Crippen molar-refractivity contribution in [2.45, 2.75) is 39.7 Å². The van der Waals surface area contributed by atoms with Gasteiger partial charge in [-0.1, -0.05) is 48.8 Å². The minimum Gasteiger partial charge on any atom is -0.327 e. The van der Waals surface area contributed by atoms with E-state index in [0.29, 0.717) is 5.41 Å². The van der Waals surface area contributed by atoms with E-state index in [2.05, 4.69) is 61.0 Å². The van der Waals surface area contributed by atoms with Gasteiger partial charge in [-0.05, 0) is 36.0 Å². The summed E-state index contributed by atoms with van der Waals surface area (Å²) in [6.45, 7) is 6.69. The van der Waals surface area contributed by atoms with Crippen molar-refractivity contribution in [2.75, 3.05) is 0 Å². The Hall–Kier alpha value is -0.340. The fourth-order valence-electron chi connectivity index (χ4n) is 1.78. The van der Waals surface area contributed by atoms with Crippen LogP contribution >= 0.6 is 15.9 Å². The Morgan fingerprint density at radius 2 is 1.73 bits per heavy atom. The van der Waals surface area contributed by atoms with Gasteiger partial charge < -0.3 is 5.73 Å². The van der Waals surface area contributed by atoms with Crippen molar-refractivity contribution in [2.24, 2.45) is 11.1 Å². The monoisotopic (exact) mass is 269 g/mol. The van der Waals surface area contributed by atoms with Gasteiger partial charge in [0.15, 0.2) is 0 Å². The average molecular weight is 270 g/mol. The molecule has 0 aliphatic carbocycles. The molecule has 1 aromatic rings. The summed E-state index contributed by atoms with van der Waals surface area (Å²) in [7, 11) is 0. The van der Waals surface area contributed by atoms with Gasteiger partial charge in [0.25, 0.3) is 0 Å². The number of hydrogen-bond acceptors (Lipinski definition) is 1. The van der Waals surface area contributed by atoms with Crippen LogP contribution in [0.25, 0.3) is 0 Å². The summed E-state index contributed by atoms with van der Waals surface area (Å²) < 4.78 is 1.12. The lowest BCUT2D eigenvalue weighted by Gasteiger charge is -2.23. The van der Waals surface area contributed by atoms with Crippen LogP contribution in [0.15, 0.2) is 28.7 Å². The molecule has 0 spiro atoms. The first-order chi connectivity index (χ1) is 6.87. The van der Waals surface area contributed by atoms with Gasteiger partial charge in [-0.25, -0.2) is 0 Å². The molecule has 84 valence electrons. The first kappa shape index (κ1) is 12.7. The summed E-state index contributed by atoms with van der Waals surface area (Å²) in [5.41, 5.74) is 7.75. The van der Waals surface area contributed by atoms with Crippen molar-refractivity contribution in [3.05, 3.63) is 34.3 Å². The highest BCUT2D eigenvalue weighted by atomic mass is 79.9. The predicted octanol–water partition coefficient (Wildman–Crippen LogP) is 3.76. The van der Waals surface area contributed by atoms with Crippen LogP contribution in [-0.4, -0.2) is 6.04 Å². The third kappa shape index (κ3) is 5.33. The van der Waals surface area contributed by atoms with Crippen molar-refractivity contribution in [1.29, 1.82) is 0 Å². The van der Waals surface area contributed by atoms with Crippen LogP contribution in [0, 0.1) is 5.41 Å². The van der Waals surface area contributed by atoms with Crippen LogP contribution < -0.4 is 5.73 Å². The standard InChI is InChI=1S/C13H20BrN/c1-13(2,3)9-12(15)8-10-4-6-11(14)7-5-10/h4-7,12H,8-9,15H2,1-3H3. The van der Waals surface area contributed by atoms with E-state index in [9.17, 15) is 0 Å². The lowest BCUT2D eigenvalue weighted by atomic mass is 9.86. The highest BCUT2D eigenvalue weighted by Crippen LogP contribution is 2.21. The first-order valence-corrected chi connectivity index (χ1v) is 6.16. The first-order valence-electron chi connectivity index (χ1n) is 5.37. The van der Waals surface area contributed by atoms with Crippen molar-refractivity contribution < 1.29 is 0 Å². The Labute approximate surface area is 101 Å². The molecule has 0 aliphatic rings. The van der Waals surface area contributed by atoms with Crippen LogP contribution in [-0.2, 0) is 6.42 Å². The summed E-state index contributed by atoms with van der Waals surface area (Å²) in [5.74, 6) is 0. The molecule has 1 atom stereocenters. The van der Waals surface area contributed by atoms with E-state index < -0.39 is 0 Å². The highest BCUT2D eigenvalue weighted by Gasteiger charge is 2.15. The van der Waals surface area contributed by atoms with Gasteiger partial charge in [0.1, 0.15) is 0 Å². The molecule has 2 N–H and O–H groups in total. The SMILES string of the molecule is CC(C)(C)CC(N)Cc1ccc(Br)cc1. The molecule has 0 heterocycles. The van der Waals surface area contributed by atoms with E-state index in [1.54, 1.807) is 0 Å². The fourth-order valence-corrected chi connectivity index (χ4v) is 2.05. The van der Waals surface area contributed by atoms with Crippen molar-refractivity contribution in [3.63, 3.8) is 0 Å². The van der Waals surface area contributed by atoms with Crippen molar-refractivity contribution >= 4 is 15.9 Å². The number of hydrogen-bond donors (Lipinski definition) is 1. The maximum atomic E-state index is 6.12. The quantitative estimate of drug-likeness (QED) is 0.889.